The lowest BCUT2D eigenvalue weighted by Gasteiger charge is -2.12. The van der Waals surface area contributed by atoms with Gasteiger partial charge in [0, 0.05) is 17.6 Å². The van der Waals surface area contributed by atoms with Gasteiger partial charge in [-0.05, 0) is 18.2 Å². The van der Waals surface area contributed by atoms with Gasteiger partial charge in [-0.25, -0.2) is 18.6 Å². The number of benzene rings is 1. The van der Waals surface area contributed by atoms with Crippen molar-refractivity contribution >= 4 is 29.7 Å². The zero-order valence-corrected chi connectivity index (χ0v) is 15.5. The molecule has 7 nitrogen and oxygen atoms in total. The Labute approximate surface area is 159 Å². The Hall–Kier alpha value is -3.49. The highest BCUT2D eigenvalue weighted by atomic mass is 19.1. The zero-order valence-electron chi connectivity index (χ0n) is 15.5. The third kappa shape index (κ3) is 4.61. The molecule has 2 heterocycles. The first-order valence-electron chi connectivity index (χ1n) is 8.44. The number of rotatable bonds is 4. The topological polar surface area (TPSA) is 95.8 Å². The van der Waals surface area contributed by atoms with E-state index in [1.54, 1.807) is 24.4 Å². The van der Waals surface area contributed by atoms with Crippen LogP contribution in [0.3, 0.4) is 0 Å². The van der Waals surface area contributed by atoms with Gasteiger partial charge in [-0.3, -0.25) is 10.4 Å². The normalized spacial score (nSPS) is 11.8. The summed E-state index contributed by atoms with van der Waals surface area (Å²) >= 11 is 0. The molecule has 2 amide bonds. The van der Waals surface area contributed by atoms with Crippen molar-refractivity contribution in [2.24, 2.45) is 0 Å². The van der Waals surface area contributed by atoms with Crippen molar-refractivity contribution in [1.82, 2.24) is 15.2 Å². The van der Waals surface area contributed by atoms with E-state index in [-0.39, 0.29) is 11.2 Å². The molecule has 0 spiro atoms. The number of aromatic amines is 1. The number of hydrogen-bond acceptors (Lipinski definition) is 4. The summed E-state index contributed by atoms with van der Waals surface area (Å²) in [6.07, 6.45) is 5.00. The molecule has 0 radical (unpaired) electrons. The van der Waals surface area contributed by atoms with Gasteiger partial charge in [0.2, 0.25) is 5.89 Å². The molecule has 0 aliphatic heterocycles. The number of anilines is 2. The number of carbonyl (C=O) groups excluding carboxylic acids is 1. The number of carbonyl (C=O) groups is 1. The largest absolute Gasteiger partial charge is 0.441 e. The number of para-hydroxylation sites is 1. The number of aromatic nitrogens is 3. The minimum Gasteiger partial charge on any atom is -0.441 e. The van der Waals surface area contributed by atoms with E-state index in [0.717, 1.165) is 17.9 Å². The van der Waals surface area contributed by atoms with E-state index in [4.69, 9.17) is 4.42 Å². The Balaban J connectivity index is 1.62. The highest BCUT2D eigenvalue weighted by Gasteiger charge is 2.18. The predicted molar refractivity (Wildman–Crippen MR) is 102 cm³/mol. The number of H-pyrrole nitrogens is 1. The van der Waals surface area contributed by atoms with Crippen LogP contribution in [0, 0.1) is 11.6 Å². The summed E-state index contributed by atoms with van der Waals surface area (Å²) in [5.74, 6) is -0.377. The van der Waals surface area contributed by atoms with Crippen LogP contribution < -0.4 is 10.6 Å². The average Bonchev–Trinajstić information content (AvgIpc) is 3.25. The molecule has 28 heavy (non-hydrogen) atoms. The van der Waals surface area contributed by atoms with Crippen LogP contribution in [0.4, 0.5) is 25.1 Å². The molecule has 0 aliphatic rings. The van der Waals surface area contributed by atoms with Crippen LogP contribution in [0.15, 0.2) is 34.9 Å². The lowest BCUT2D eigenvalue weighted by atomic mass is 9.94. The van der Waals surface area contributed by atoms with E-state index in [0.29, 0.717) is 11.6 Å². The van der Waals surface area contributed by atoms with Crippen LogP contribution >= 0.6 is 0 Å². The Kier molecular flexibility index (Phi) is 5.25. The van der Waals surface area contributed by atoms with Crippen LogP contribution in [0.25, 0.3) is 12.2 Å². The van der Waals surface area contributed by atoms with Crippen molar-refractivity contribution in [1.29, 1.82) is 0 Å². The molecule has 0 saturated heterocycles. The first-order chi connectivity index (χ1) is 13.2. The molecule has 0 fully saturated rings. The molecule has 0 aliphatic carbocycles. The molecule has 3 N–H and O–H groups in total. The summed E-state index contributed by atoms with van der Waals surface area (Å²) in [5.41, 5.74) is -0.105. The molecule has 1 aromatic carbocycles. The lowest BCUT2D eigenvalue weighted by Crippen LogP contribution is -2.21. The van der Waals surface area contributed by atoms with Gasteiger partial charge < -0.3 is 9.73 Å². The summed E-state index contributed by atoms with van der Waals surface area (Å²) in [7, 11) is 0. The number of nitrogens with zero attached hydrogens (tertiary/aromatic N) is 2. The number of nitrogens with one attached hydrogen (secondary N) is 3. The monoisotopic (exact) mass is 387 g/mol. The summed E-state index contributed by atoms with van der Waals surface area (Å²) < 4.78 is 32.8. The molecule has 146 valence electrons. The summed E-state index contributed by atoms with van der Waals surface area (Å²) in [6, 6.07) is 4.02. The second kappa shape index (κ2) is 7.63. The smallest absolute Gasteiger partial charge is 0.325 e. The summed E-state index contributed by atoms with van der Waals surface area (Å²) in [5, 5.41) is 11.1. The predicted octanol–water partition coefficient (Wildman–Crippen LogP) is 4.79. The van der Waals surface area contributed by atoms with Crippen LogP contribution in [-0.2, 0) is 5.41 Å². The maximum atomic E-state index is 13.6. The Bertz CT molecular complexity index is 997. The SMILES string of the molecule is CC(C)(C)c1cnc(/C=C/c2cc(NC(=O)Nc3c(F)cccc3F)n[nH]2)o1. The van der Waals surface area contributed by atoms with E-state index < -0.39 is 23.4 Å². The van der Waals surface area contributed by atoms with Crippen molar-refractivity contribution in [3.63, 3.8) is 0 Å². The highest BCUT2D eigenvalue weighted by molar-refractivity contribution is 5.99. The van der Waals surface area contributed by atoms with E-state index in [9.17, 15) is 13.6 Å². The van der Waals surface area contributed by atoms with Crippen molar-refractivity contribution < 1.29 is 18.0 Å². The van der Waals surface area contributed by atoms with Crippen LogP contribution in [0.5, 0.6) is 0 Å². The van der Waals surface area contributed by atoms with Gasteiger partial charge in [-0.2, -0.15) is 5.10 Å². The Morgan fingerprint density at radius 2 is 1.89 bits per heavy atom. The molecule has 0 saturated carbocycles. The van der Waals surface area contributed by atoms with Crippen LogP contribution in [0.1, 0.15) is 38.1 Å². The van der Waals surface area contributed by atoms with Crippen LogP contribution in [0.2, 0.25) is 0 Å². The summed E-state index contributed by atoms with van der Waals surface area (Å²) in [6.45, 7) is 6.06. The van der Waals surface area contributed by atoms with Crippen molar-refractivity contribution in [3.05, 3.63) is 59.4 Å². The maximum Gasteiger partial charge on any atom is 0.325 e. The quantitative estimate of drug-likeness (QED) is 0.600. The molecular formula is C19H19F2N5O2. The fourth-order valence-corrected chi connectivity index (χ4v) is 2.24. The van der Waals surface area contributed by atoms with Gasteiger partial charge in [-0.15, -0.1) is 0 Å². The fraction of sp³-hybridized carbons (Fsp3) is 0.211. The minimum absolute atomic E-state index is 0.144. The molecule has 0 unspecified atom stereocenters. The van der Waals surface area contributed by atoms with Crippen molar-refractivity contribution in [2.45, 2.75) is 26.2 Å². The van der Waals surface area contributed by atoms with Gasteiger partial charge in [-0.1, -0.05) is 26.8 Å². The van der Waals surface area contributed by atoms with Gasteiger partial charge in [0.1, 0.15) is 23.1 Å². The molecule has 9 heteroatoms. The Morgan fingerprint density at radius 1 is 1.18 bits per heavy atom. The fourth-order valence-electron chi connectivity index (χ4n) is 2.24. The van der Waals surface area contributed by atoms with E-state index in [1.165, 1.54) is 6.07 Å². The lowest BCUT2D eigenvalue weighted by molar-refractivity contribution is 0.262. The van der Waals surface area contributed by atoms with Crippen LogP contribution in [-0.4, -0.2) is 21.2 Å². The molecule has 2 aromatic heterocycles. The molecule has 0 atom stereocenters. The zero-order chi connectivity index (χ0) is 20.3. The molecule has 0 bridgehead atoms. The third-order valence-corrected chi connectivity index (χ3v) is 3.71. The number of amides is 2. The van der Waals surface area contributed by atoms with Gasteiger partial charge in [0.15, 0.2) is 5.82 Å². The number of urea groups is 1. The van der Waals surface area contributed by atoms with E-state index in [2.05, 4.69) is 25.8 Å². The number of oxazole rings is 1. The van der Waals surface area contributed by atoms with Gasteiger partial charge >= 0.3 is 6.03 Å². The second-order valence-corrected chi connectivity index (χ2v) is 7.03. The van der Waals surface area contributed by atoms with Gasteiger partial charge in [0.25, 0.3) is 0 Å². The average molecular weight is 387 g/mol. The maximum absolute atomic E-state index is 13.6. The van der Waals surface area contributed by atoms with E-state index >= 15 is 0 Å². The first-order valence-corrected chi connectivity index (χ1v) is 8.44. The second-order valence-electron chi connectivity index (χ2n) is 7.03. The van der Waals surface area contributed by atoms with Crippen molar-refractivity contribution in [2.75, 3.05) is 10.6 Å². The first kappa shape index (κ1) is 19.3. The molecule has 3 aromatic rings. The molecular weight excluding hydrogens is 368 g/mol. The highest BCUT2D eigenvalue weighted by Crippen LogP contribution is 2.23. The minimum atomic E-state index is -0.874. The van der Waals surface area contributed by atoms with Gasteiger partial charge in [0.05, 0.1) is 11.9 Å². The third-order valence-electron chi connectivity index (χ3n) is 3.71. The van der Waals surface area contributed by atoms with E-state index in [1.807, 2.05) is 20.8 Å². The van der Waals surface area contributed by atoms with Crippen molar-refractivity contribution in [3.8, 4) is 0 Å². The standard InChI is InChI=1S/C19H19F2N5O2/c1-19(2,3)14-10-22-16(28-14)8-7-11-9-15(26-25-11)23-18(27)24-17-12(20)5-4-6-13(17)21/h4-10H,1-3H3,(H3,23,24,25,26,27)/b8-7+. The Morgan fingerprint density at radius 3 is 2.54 bits per heavy atom. The number of hydrogen-bond donors (Lipinski definition) is 3. The summed E-state index contributed by atoms with van der Waals surface area (Å²) in [4.78, 5) is 16.1. The number of halogens is 2. The molecule has 3 rings (SSSR count).